The van der Waals surface area contributed by atoms with Gasteiger partial charge >= 0.3 is 5.97 Å². The average molecular weight is 825 g/mol. The number of nitrogens with zero attached hydrogens (tertiary/aromatic N) is 2. The highest BCUT2D eigenvalue weighted by Crippen LogP contribution is 2.22. The monoisotopic (exact) mass is 824 g/mol. The number of aliphatic carboxylic acids is 1. The van der Waals surface area contributed by atoms with Crippen molar-refractivity contribution in [2.75, 3.05) is 19.7 Å². The van der Waals surface area contributed by atoms with Crippen LogP contribution in [0.4, 0.5) is 0 Å². The van der Waals surface area contributed by atoms with Crippen LogP contribution in [-0.4, -0.2) is 147 Å². The fraction of sp³-hybridized carbons (Fsp3) is 0.722. The lowest BCUT2D eigenvalue weighted by molar-refractivity contribution is -0.145. The van der Waals surface area contributed by atoms with E-state index in [1.807, 2.05) is 0 Å². The summed E-state index contributed by atoms with van der Waals surface area (Å²) in [5, 5.41) is 32.1. The van der Waals surface area contributed by atoms with Crippen molar-refractivity contribution < 1.29 is 58.2 Å². The second-order valence-electron chi connectivity index (χ2n) is 15.5. The van der Waals surface area contributed by atoms with Crippen LogP contribution < -0.4 is 43.8 Å². The van der Waals surface area contributed by atoms with Gasteiger partial charge in [-0.3, -0.25) is 43.2 Å². The van der Waals surface area contributed by atoms with Crippen LogP contribution in [0.5, 0.6) is 0 Å². The molecule has 2 rings (SSSR count). The van der Waals surface area contributed by atoms with Crippen LogP contribution in [0.1, 0.15) is 86.0 Å². The van der Waals surface area contributed by atoms with Crippen LogP contribution in [0.3, 0.4) is 0 Å². The highest BCUT2D eigenvalue weighted by molar-refractivity contribution is 5.98. The molecule has 0 saturated carbocycles. The van der Waals surface area contributed by atoms with E-state index in [1.165, 1.54) is 16.7 Å². The van der Waals surface area contributed by atoms with Gasteiger partial charge in [0.1, 0.15) is 42.3 Å². The molecule has 0 unspecified atom stereocenters. The number of carbonyl (C=O) groups is 10. The molecular formula is C36H60N10O12. The van der Waals surface area contributed by atoms with Gasteiger partial charge in [0.25, 0.3) is 0 Å². The third-order valence-corrected chi connectivity index (χ3v) is 9.84. The number of rotatable bonds is 22. The number of carboxylic acid groups (broad SMARTS) is 1. The highest BCUT2D eigenvalue weighted by atomic mass is 16.4. The number of likely N-dealkylation sites (tertiary alicyclic amines) is 2. The van der Waals surface area contributed by atoms with Crippen molar-refractivity contribution in [1.82, 2.24) is 36.4 Å². The predicted octanol–water partition coefficient (Wildman–Crippen LogP) is -4.34. The van der Waals surface area contributed by atoms with Gasteiger partial charge in [-0.25, -0.2) is 4.79 Å². The van der Waals surface area contributed by atoms with Crippen molar-refractivity contribution >= 4 is 59.1 Å². The van der Waals surface area contributed by atoms with E-state index in [0.717, 1.165) is 0 Å². The molecule has 0 radical (unpaired) electrons. The zero-order valence-electron chi connectivity index (χ0n) is 33.7. The lowest BCUT2D eigenvalue weighted by atomic mass is 10.0. The van der Waals surface area contributed by atoms with Crippen molar-refractivity contribution in [3.63, 3.8) is 0 Å². The summed E-state index contributed by atoms with van der Waals surface area (Å²) < 4.78 is 0. The Bertz CT molecular complexity index is 1560. The summed E-state index contributed by atoms with van der Waals surface area (Å²) in [7, 11) is 0. The van der Waals surface area contributed by atoms with Crippen LogP contribution in [-0.2, 0) is 47.9 Å². The van der Waals surface area contributed by atoms with Crippen molar-refractivity contribution in [2.45, 2.75) is 134 Å². The Labute approximate surface area is 336 Å². The molecule has 326 valence electrons. The molecule has 0 aromatic rings. The number of nitrogens with two attached hydrogens (primary N) is 3. The first-order valence-corrected chi connectivity index (χ1v) is 19.4. The average Bonchev–Trinajstić information content (AvgIpc) is 3.83. The number of carbonyl (C=O) groups excluding carboxylic acids is 9. The third-order valence-electron chi connectivity index (χ3n) is 9.84. The fourth-order valence-electron chi connectivity index (χ4n) is 6.76. The molecule has 0 aromatic carbocycles. The van der Waals surface area contributed by atoms with Crippen LogP contribution in [0.2, 0.25) is 0 Å². The number of carboxylic acids is 1. The lowest BCUT2D eigenvalue weighted by Gasteiger charge is -2.31. The highest BCUT2D eigenvalue weighted by Gasteiger charge is 2.41. The SMILES string of the molecule is CC(C)C[C@H](NC(=O)[C@H](CO)NC(=O)[C@@H](NC(=O)[C@@H]1CCCN1C(=O)[C@H](C)NC(=O)[C@@H](N)CC(N)=O)C(C)C)C(=O)N1CCC[C@H]1C(=O)N[C@@H](CCC(N)=O)C(=O)O. The van der Waals surface area contributed by atoms with Crippen LogP contribution in [0, 0.1) is 11.8 Å². The smallest absolute Gasteiger partial charge is 0.326 e. The molecule has 9 amide bonds. The number of hydrogen-bond donors (Lipinski definition) is 10. The van der Waals surface area contributed by atoms with Gasteiger partial charge < -0.3 is 63.8 Å². The Morgan fingerprint density at radius 3 is 1.69 bits per heavy atom. The second-order valence-corrected chi connectivity index (χ2v) is 15.5. The Hall–Kier alpha value is -5.38. The van der Waals surface area contributed by atoms with Gasteiger partial charge in [-0.15, -0.1) is 0 Å². The molecule has 0 bridgehead atoms. The normalized spacial score (nSPS) is 19.6. The summed E-state index contributed by atoms with van der Waals surface area (Å²) in [5.41, 5.74) is 15.9. The van der Waals surface area contributed by atoms with E-state index in [-0.39, 0.29) is 51.1 Å². The molecule has 0 aliphatic carbocycles. The molecule has 2 fully saturated rings. The molecule has 0 aromatic heterocycles. The predicted molar refractivity (Wildman–Crippen MR) is 204 cm³/mol. The minimum atomic E-state index is -1.58. The van der Waals surface area contributed by atoms with Crippen LogP contribution in [0.25, 0.3) is 0 Å². The fourth-order valence-corrected chi connectivity index (χ4v) is 6.76. The first-order valence-electron chi connectivity index (χ1n) is 19.4. The number of nitrogens with one attached hydrogen (secondary N) is 5. The molecular weight excluding hydrogens is 764 g/mol. The third kappa shape index (κ3) is 14.2. The van der Waals surface area contributed by atoms with Crippen LogP contribution >= 0.6 is 0 Å². The number of aliphatic hydroxyl groups is 1. The Morgan fingerprint density at radius 2 is 1.21 bits per heavy atom. The molecule has 22 nitrogen and oxygen atoms in total. The standard InChI is InChI=1S/C36H60N10O12/c1-17(2)14-22(35(56)46-13-7-8-24(46)31(52)41-21(36(57)58)10-11-26(38)48)42-30(51)23(16-47)43-33(54)28(18(3)4)44-32(53)25-9-6-12-45(25)34(55)19(5)40-29(50)20(37)15-27(39)49/h17-25,28,47H,6-16,37H2,1-5H3,(H2,38,48)(H2,39,49)(H,40,50)(H,41,52)(H,42,51)(H,43,54)(H,44,53)(H,57,58)/t19-,20-,21-,22-,23-,24-,25-,28-/m0/s1. The summed E-state index contributed by atoms with van der Waals surface area (Å²) >= 11 is 0. The van der Waals surface area contributed by atoms with Gasteiger partial charge in [0.15, 0.2) is 0 Å². The van der Waals surface area contributed by atoms with Gasteiger partial charge in [-0.05, 0) is 57.3 Å². The molecule has 2 aliphatic heterocycles. The number of primary amides is 2. The van der Waals surface area contributed by atoms with Crippen molar-refractivity contribution in [3.05, 3.63) is 0 Å². The van der Waals surface area contributed by atoms with E-state index in [9.17, 15) is 58.2 Å². The molecule has 22 heteroatoms. The molecule has 58 heavy (non-hydrogen) atoms. The summed E-state index contributed by atoms with van der Waals surface area (Å²) in [6.07, 6.45) is 0.406. The minimum Gasteiger partial charge on any atom is -0.480 e. The first-order chi connectivity index (χ1) is 27.1. The maximum Gasteiger partial charge on any atom is 0.326 e. The van der Waals surface area contributed by atoms with E-state index in [4.69, 9.17) is 17.2 Å². The quantitative estimate of drug-likeness (QED) is 0.0494. The number of amides is 9. The zero-order valence-corrected chi connectivity index (χ0v) is 33.7. The summed E-state index contributed by atoms with van der Waals surface area (Å²) in [5.74, 6) is -8.88. The summed E-state index contributed by atoms with van der Waals surface area (Å²) in [6.45, 7) is 7.62. The zero-order chi connectivity index (χ0) is 44.0. The Morgan fingerprint density at radius 1 is 0.672 bits per heavy atom. The molecule has 8 atom stereocenters. The van der Waals surface area contributed by atoms with Crippen molar-refractivity contribution in [3.8, 4) is 0 Å². The Balaban J connectivity index is 2.14. The second kappa shape index (κ2) is 22.5. The minimum absolute atomic E-state index is 0.0988. The topological polar surface area (TPSA) is 356 Å². The molecule has 0 spiro atoms. The van der Waals surface area contributed by atoms with Crippen molar-refractivity contribution in [1.29, 1.82) is 0 Å². The van der Waals surface area contributed by atoms with Gasteiger partial charge in [0, 0.05) is 19.5 Å². The molecule has 2 saturated heterocycles. The molecule has 2 aliphatic rings. The van der Waals surface area contributed by atoms with E-state index in [1.54, 1.807) is 27.7 Å². The Kier molecular flexibility index (Phi) is 18.9. The van der Waals surface area contributed by atoms with Gasteiger partial charge in [0.2, 0.25) is 53.2 Å². The largest absolute Gasteiger partial charge is 0.480 e. The van der Waals surface area contributed by atoms with E-state index in [2.05, 4.69) is 26.6 Å². The molecule has 13 N–H and O–H groups in total. The maximum atomic E-state index is 13.9. The summed E-state index contributed by atoms with van der Waals surface area (Å²) in [6, 6.07) is -9.94. The maximum absolute atomic E-state index is 13.9. The van der Waals surface area contributed by atoms with E-state index >= 15 is 0 Å². The molecule has 2 heterocycles. The lowest BCUT2D eigenvalue weighted by Crippen LogP contribution is -2.61. The van der Waals surface area contributed by atoms with E-state index < -0.39 is 126 Å². The first kappa shape index (κ1) is 48.8. The van der Waals surface area contributed by atoms with Crippen LogP contribution in [0.15, 0.2) is 0 Å². The number of hydrogen-bond acceptors (Lipinski definition) is 12. The van der Waals surface area contributed by atoms with Gasteiger partial charge in [-0.2, -0.15) is 0 Å². The van der Waals surface area contributed by atoms with Crippen molar-refractivity contribution in [2.24, 2.45) is 29.0 Å². The number of aliphatic hydroxyl groups excluding tert-OH is 1. The van der Waals surface area contributed by atoms with Gasteiger partial charge in [-0.1, -0.05) is 27.7 Å². The van der Waals surface area contributed by atoms with E-state index in [0.29, 0.717) is 12.8 Å². The summed E-state index contributed by atoms with van der Waals surface area (Å²) in [4.78, 5) is 130. The van der Waals surface area contributed by atoms with Gasteiger partial charge in [0.05, 0.1) is 19.1 Å².